The Morgan fingerprint density at radius 3 is 2.42 bits per heavy atom. The zero-order valence-corrected chi connectivity index (χ0v) is 27.0. The molecule has 1 aliphatic heterocycles. The Labute approximate surface area is 261 Å². The molecule has 4 nitrogen and oxygen atoms in total. The molecule has 1 aliphatic carbocycles. The third-order valence-corrected chi connectivity index (χ3v) is 8.44. The molecule has 4 N–H and O–H groups in total. The first-order chi connectivity index (χ1) is 20.7. The summed E-state index contributed by atoms with van der Waals surface area (Å²) in [7, 11) is 1.93. The van der Waals surface area contributed by atoms with E-state index in [4.69, 9.17) is 0 Å². The van der Waals surface area contributed by atoms with E-state index in [1.54, 1.807) is 0 Å². The lowest BCUT2D eigenvalue weighted by atomic mass is 9.93. The maximum Gasteiger partial charge on any atom is 0.0418 e. The van der Waals surface area contributed by atoms with Gasteiger partial charge in [0, 0.05) is 41.1 Å². The number of anilines is 1. The van der Waals surface area contributed by atoms with Gasteiger partial charge in [-0.05, 0) is 136 Å². The molecule has 0 aromatic heterocycles. The van der Waals surface area contributed by atoms with E-state index in [2.05, 4.69) is 117 Å². The molecule has 0 amide bonds. The van der Waals surface area contributed by atoms with Gasteiger partial charge in [-0.3, -0.25) is 0 Å². The fourth-order valence-corrected chi connectivity index (χ4v) is 5.79. The second kappa shape index (κ2) is 16.6. The molecule has 0 unspecified atom stereocenters. The van der Waals surface area contributed by atoms with E-state index in [1.165, 1.54) is 36.0 Å². The second-order valence-corrected chi connectivity index (χ2v) is 11.5. The van der Waals surface area contributed by atoms with Crippen molar-refractivity contribution in [1.29, 1.82) is 0 Å². The van der Waals surface area contributed by atoms with Crippen molar-refractivity contribution in [2.45, 2.75) is 59.3 Å². The van der Waals surface area contributed by atoms with Crippen LogP contribution in [0.15, 0.2) is 127 Å². The van der Waals surface area contributed by atoms with E-state index in [0.29, 0.717) is 5.92 Å². The summed E-state index contributed by atoms with van der Waals surface area (Å²) in [6.45, 7) is 29.6. The average Bonchev–Trinajstić information content (AvgIpc) is 3.56. The van der Waals surface area contributed by atoms with Crippen molar-refractivity contribution in [3.05, 3.63) is 138 Å². The van der Waals surface area contributed by atoms with Crippen LogP contribution in [0.1, 0.15) is 70.4 Å². The van der Waals surface area contributed by atoms with E-state index in [-0.39, 0.29) is 0 Å². The molecule has 2 aliphatic rings. The van der Waals surface area contributed by atoms with E-state index >= 15 is 0 Å². The summed E-state index contributed by atoms with van der Waals surface area (Å²) in [5.41, 5.74) is 12.6. The standard InChI is InChI=1S/C39H52N4/c1-10-15-37(34-16-13-14-17-34)28(5)30(7)43-31(8)29(6)38-26-35(18-19-39(38)40-9)33(11-2)25-36(12-3)42-27(4)24-32-20-22-41-23-21-32/h10-12,15-16,18-19,25-26,32,40-43H,1,3-4,6,8,13-14,17,20-24H2,2,5,7,9H3/b30-28+,33-11+,36-25+,37-15+. The van der Waals surface area contributed by atoms with Crippen molar-refractivity contribution in [3.8, 4) is 0 Å². The first kappa shape index (κ1) is 33.5. The summed E-state index contributed by atoms with van der Waals surface area (Å²) in [6.07, 6.45) is 19.2. The molecule has 1 heterocycles. The van der Waals surface area contributed by atoms with Crippen LogP contribution in [0, 0.1) is 5.92 Å². The van der Waals surface area contributed by atoms with Gasteiger partial charge in [0.1, 0.15) is 0 Å². The van der Waals surface area contributed by atoms with Crippen LogP contribution in [0.4, 0.5) is 5.69 Å². The molecule has 0 spiro atoms. The van der Waals surface area contributed by atoms with Crippen LogP contribution in [0.2, 0.25) is 0 Å². The Kier molecular flexibility index (Phi) is 12.9. The van der Waals surface area contributed by atoms with Crippen LogP contribution in [-0.4, -0.2) is 20.1 Å². The molecule has 43 heavy (non-hydrogen) atoms. The molecular weight excluding hydrogens is 524 g/mol. The SMILES string of the molecule is C=C/C=C(C1=CCCC1)\C(C)=C(/C)NC(=C)C(=C)c1cc(C(/C=C(\C=C)NC(=C)CC2CCNCC2)=C/C)ccc1NC. The quantitative estimate of drug-likeness (QED) is 0.157. The van der Waals surface area contributed by atoms with E-state index in [0.717, 1.165) is 83.1 Å². The predicted molar refractivity (Wildman–Crippen MR) is 190 cm³/mol. The largest absolute Gasteiger partial charge is 0.388 e. The Bertz CT molecular complexity index is 1390. The molecule has 1 fully saturated rings. The summed E-state index contributed by atoms with van der Waals surface area (Å²) in [4.78, 5) is 0. The van der Waals surface area contributed by atoms with E-state index in [9.17, 15) is 0 Å². The summed E-state index contributed by atoms with van der Waals surface area (Å²) >= 11 is 0. The molecule has 228 valence electrons. The third kappa shape index (κ3) is 9.23. The predicted octanol–water partition coefficient (Wildman–Crippen LogP) is 9.33. The lowest BCUT2D eigenvalue weighted by Gasteiger charge is -2.24. The Morgan fingerprint density at radius 1 is 1.07 bits per heavy atom. The first-order valence-corrected chi connectivity index (χ1v) is 15.6. The molecule has 4 heteroatoms. The van der Waals surface area contributed by atoms with Crippen molar-refractivity contribution < 1.29 is 0 Å². The Balaban J connectivity index is 1.81. The average molecular weight is 577 g/mol. The Hall–Kier alpha value is -4.02. The minimum atomic E-state index is 0.671. The topological polar surface area (TPSA) is 48.1 Å². The lowest BCUT2D eigenvalue weighted by molar-refractivity contribution is 0.368. The molecule has 0 saturated carbocycles. The smallest absolute Gasteiger partial charge is 0.0418 e. The number of hydrogen-bond donors (Lipinski definition) is 4. The third-order valence-electron chi connectivity index (χ3n) is 8.44. The van der Waals surface area contributed by atoms with E-state index < -0.39 is 0 Å². The number of piperidine rings is 1. The lowest BCUT2D eigenvalue weighted by Crippen LogP contribution is -2.28. The van der Waals surface area contributed by atoms with Gasteiger partial charge in [0.05, 0.1) is 0 Å². The van der Waals surface area contributed by atoms with Gasteiger partial charge in [0.25, 0.3) is 0 Å². The Morgan fingerprint density at radius 2 is 1.81 bits per heavy atom. The molecule has 1 aromatic rings. The zero-order chi connectivity index (χ0) is 31.4. The molecule has 0 atom stereocenters. The summed E-state index contributed by atoms with van der Waals surface area (Å²) < 4.78 is 0. The van der Waals surface area contributed by atoms with Gasteiger partial charge in [-0.25, -0.2) is 0 Å². The fraction of sp³-hybridized carbons (Fsp3) is 0.333. The maximum absolute atomic E-state index is 4.46. The number of nitrogens with one attached hydrogen (secondary N) is 4. The van der Waals surface area contributed by atoms with Crippen LogP contribution in [0.5, 0.6) is 0 Å². The molecule has 0 bridgehead atoms. The molecule has 1 saturated heterocycles. The minimum absolute atomic E-state index is 0.671. The molecule has 0 radical (unpaired) electrons. The molecule has 1 aromatic carbocycles. The maximum atomic E-state index is 4.46. The van der Waals surface area contributed by atoms with Crippen molar-refractivity contribution >= 4 is 16.8 Å². The highest BCUT2D eigenvalue weighted by molar-refractivity contribution is 5.87. The van der Waals surface area contributed by atoms with Gasteiger partial charge in [0.2, 0.25) is 0 Å². The summed E-state index contributed by atoms with van der Waals surface area (Å²) in [5.74, 6) is 0.671. The van der Waals surface area contributed by atoms with Crippen LogP contribution in [0.3, 0.4) is 0 Å². The number of benzene rings is 1. The van der Waals surface area contributed by atoms with Gasteiger partial charge in [-0.1, -0.05) is 63.3 Å². The van der Waals surface area contributed by atoms with Crippen molar-refractivity contribution in [3.63, 3.8) is 0 Å². The van der Waals surface area contributed by atoms with Gasteiger partial charge in [-0.2, -0.15) is 0 Å². The monoisotopic (exact) mass is 576 g/mol. The normalized spacial score (nSPS) is 17.0. The van der Waals surface area contributed by atoms with Gasteiger partial charge >= 0.3 is 0 Å². The number of rotatable bonds is 15. The van der Waals surface area contributed by atoms with Gasteiger partial charge in [0.15, 0.2) is 0 Å². The van der Waals surface area contributed by atoms with Gasteiger partial charge in [-0.15, -0.1) is 0 Å². The summed E-state index contributed by atoms with van der Waals surface area (Å²) in [5, 5.41) is 13.8. The van der Waals surface area contributed by atoms with E-state index in [1.807, 2.05) is 19.2 Å². The molecular formula is C39H52N4. The van der Waals surface area contributed by atoms with Crippen LogP contribution in [0.25, 0.3) is 11.1 Å². The fourth-order valence-electron chi connectivity index (χ4n) is 5.79. The summed E-state index contributed by atoms with van der Waals surface area (Å²) in [6, 6.07) is 6.41. The van der Waals surface area contributed by atoms with Gasteiger partial charge < -0.3 is 21.3 Å². The van der Waals surface area contributed by atoms with Crippen molar-refractivity contribution in [2.75, 3.05) is 25.5 Å². The highest BCUT2D eigenvalue weighted by Gasteiger charge is 2.16. The number of hydrogen-bond acceptors (Lipinski definition) is 4. The van der Waals surface area contributed by atoms with Crippen molar-refractivity contribution in [2.24, 2.45) is 5.92 Å². The van der Waals surface area contributed by atoms with Crippen LogP contribution in [-0.2, 0) is 0 Å². The van der Waals surface area contributed by atoms with Crippen LogP contribution < -0.4 is 21.3 Å². The zero-order valence-electron chi connectivity index (χ0n) is 27.0. The highest BCUT2D eigenvalue weighted by Crippen LogP contribution is 2.33. The molecule has 3 rings (SSSR count). The first-order valence-electron chi connectivity index (χ1n) is 15.6. The van der Waals surface area contributed by atoms with Crippen molar-refractivity contribution in [1.82, 2.24) is 16.0 Å². The minimum Gasteiger partial charge on any atom is -0.388 e. The highest BCUT2D eigenvalue weighted by atomic mass is 14.9. The second-order valence-electron chi connectivity index (χ2n) is 11.5. The number of allylic oxidation sites excluding steroid dienone is 13. The van der Waals surface area contributed by atoms with Crippen LogP contribution >= 0.6 is 0 Å².